The fourth-order valence-corrected chi connectivity index (χ4v) is 2.34. The number of hydrogen-bond acceptors (Lipinski definition) is 4. The Hall–Kier alpha value is -1.36. The molecule has 0 radical (unpaired) electrons. The minimum atomic E-state index is 0.0863. The fourth-order valence-electron chi connectivity index (χ4n) is 1.87. The molecule has 2 rings (SSSR count). The van der Waals surface area contributed by atoms with Crippen LogP contribution in [-0.2, 0) is 6.42 Å². The number of rotatable bonds is 3. The van der Waals surface area contributed by atoms with E-state index < -0.39 is 0 Å². The third kappa shape index (κ3) is 2.72. The second-order valence-corrected chi connectivity index (χ2v) is 5.08. The summed E-state index contributed by atoms with van der Waals surface area (Å²) in [6.07, 6.45) is 2.60. The Morgan fingerprint density at radius 1 is 1.44 bits per heavy atom. The van der Waals surface area contributed by atoms with Gasteiger partial charge in [0, 0.05) is 13.1 Å². The van der Waals surface area contributed by atoms with Gasteiger partial charge < -0.3 is 14.4 Å². The molecule has 5 heteroatoms. The number of thioether (sulfide) groups is 1. The van der Waals surface area contributed by atoms with Gasteiger partial charge in [-0.2, -0.15) is 0 Å². The number of carbonyl (C=O) groups excluding carboxylic acids is 1. The molecule has 0 aromatic heterocycles. The maximum Gasteiger partial charge on any atom is 0.281 e. The largest absolute Gasteiger partial charge is 0.454 e. The summed E-state index contributed by atoms with van der Waals surface area (Å²) >= 11 is 1.23. The van der Waals surface area contributed by atoms with E-state index in [1.807, 2.05) is 32.2 Å². The molecule has 1 heterocycles. The van der Waals surface area contributed by atoms with Crippen LogP contribution in [0.25, 0.3) is 0 Å². The zero-order valence-electron chi connectivity index (χ0n) is 10.8. The molecule has 1 aromatic carbocycles. The first-order valence-corrected chi connectivity index (χ1v) is 7.03. The van der Waals surface area contributed by atoms with Gasteiger partial charge >= 0.3 is 0 Å². The lowest BCUT2D eigenvalue weighted by molar-refractivity contribution is 0.174. The van der Waals surface area contributed by atoms with Crippen molar-refractivity contribution in [1.82, 2.24) is 4.90 Å². The first-order chi connectivity index (χ1) is 8.61. The molecule has 0 N–H and O–H groups in total. The molecule has 0 spiro atoms. The maximum atomic E-state index is 11.6. The standard InChI is InChI=1S/C13H17NO3S/c1-9(14(2)13(15)18-3)6-10-4-5-11-12(7-10)17-8-16-11/h4-5,7,9H,6,8H2,1-3H3. The lowest BCUT2D eigenvalue weighted by atomic mass is 10.1. The third-order valence-corrected chi connectivity index (χ3v) is 3.73. The summed E-state index contributed by atoms with van der Waals surface area (Å²) in [4.78, 5) is 13.3. The zero-order valence-corrected chi connectivity index (χ0v) is 11.6. The van der Waals surface area contributed by atoms with Gasteiger partial charge in [0.1, 0.15) is 0 Å². The van der Waals surface area contributed by atoms with Crippen LogP contribution in [0.5, 0.6) is 11.5 Å². The van der Waals surface area contributed by atoms with Crippen LogP contribution in [0, 0.1) is 0 Å². The van der Waals surface area contributed by atoms with E-state index in [0.717, 1.165) is 23.5 Å². The number of ether oxygens (including phenoxy) is 2. The van der Waals surface area contributed by atoms with Crippen molar-refractivity contribution in [2.45, 2.75) is 19.4 Å². The lowest BCUT2D eigenvalue weighted by Gasteiger charge is -2.24. The molecule has 18 heavy (non-hydrogen) atoms. The van der Waals surface area contributed by atoms with E-state index in [0.29, 0.717) is 6.79 Å². The van der Waals surface area contributed by atoms with Crippen molar-refractivity contribution in [2.24, 2.45) is 0 Å². The topological polar surface area (TPSA) is 38.8 Å². The van der Waals surface area contributed by atoms with Crippen LogP contribution in [0.15, 0.2) is 18.2 Å². The first-order valence-electron chi connectivity index (χ1n) is 5.81. The van der Waals surface area contributed by atoms with E-state index in [1.165, 1.54) is 11.8 Å². The van der Waals surface area contributed by atoms with Gasteiger partial charge in [-0.1, -0.05) is 17.8 Å². The third-order valence-electron chi connectivity index (χ3n) is 3.09. The molecule has 1 unspecified atom stereocenters. The van der Waals surface area contributed by atoms with Crippen LogP contribution in [0.4, 0.5) is 4.79 Å². The highest BCUT2D eigenvalue weighted by Gasteiger charge is 2.17. The van der Waals surface area contributed by atoms with Crippen molar-refractivity contribution in [1.29, 1.82) is 0 Å². The smallest absolute Gasteiger partial charge is 0.281 e. The van der Waals surface area contributed by atoms with Gasteiger partial charge in [-0.05, 0) is 37.3 Å². The number of benzene rings is 1. The van der Waals surface area contributed by atoms with Crippen molar-refractivity contribution in [3.63, 3.8) is 0 Å². The molecule has 0 fully saturated rings. The van der Waals surface area contributed by atoms with E-state index in [-0.39, 0.29) is 11.3 Å². The van der Waals surface area contributed by atoms with Gasteiger partial charge in [0.15, 0.2) is 11.5 Å². The molecule has 0 aliphatic carbocycles. The Bertz CT molecular complexity index is 450. The maximum absolute atomic E-state index is 11.6. The van der Waals surface area contributed by atoms with E-state index in [9.17, 15) is 4.79 Å². The molecule has 0 saturated carbocycles. The average Bonchev–Trinajstić information content (AvgIpc) is 2.84. The van der Waals surface area contributed by atoms with Crippen molar-refractivity contribution >= 4 is 17.0 Å². The molecule has 1 aliphatic heterocycles. The van der Waals surface area contributed by atoms with Crippen molar-refractivity contribution in [2.75, 3.05) is 20.1 Å². The van der Waals surface area contributed by atoms with Crippen LogP contribution in [0.2, 0.25) is 0 Å². The molecule has 4 nitrogen and oxygen atoms in total. The van der Waals surface area contributed by atoms with Crippen molar-refractivity contribution in [3.05, 3.63) is 23.8 Å². The second kappa shape index (κ2) is 5.52. The predicted molar refractivity (Wildman–Crippen MR) is 72.4 cm³/mol. The molecular weight excluding hydrogens is 250 g/mol. The lowest BCUT2D eigenvalue weighted by Crippen LogP contribution is -2.33. The number of fused-ring (bicyclic) bond motifs is 1. The van der Waals surface area contributed by atoms with Crippen LogP contribution in [0.3, 0.4) is 0 Å². The highest BCUT2D eigenvalue weighted by Crippen LogP contribution is 2.33. The highest BCUT2D eigenvalue weighted by atomic mass is 32.2. The fraction of sp³-hybridized carbons (Fsp3) is 0.462. The Morgan fingerprint density at radius 3 is 2.89 bits per heavy atom. The van der Waals surface area contributed by atoms with Gasteiger partial charge in [-0.25, -0.2) is 0 Å². The summed E-state index contributed by atoms with van der Waals surface area (Å²) in [6.45, 7) is 2.33. The monoisotopic (exact) mass is 267 g/mol. The highest BCUT2D eigenvalue weighted by molar-refractivity contribution is 8.12. The minimum absolute atomic E-state index is 0.0863. The molecule has 1 aromatic rings. The summed E-state index contributed by atoms with van der Waals surface area (Å²) in [6, 6.07) is 6.07. The quantitative estimate of drug-likeness (QED) is 0.844. The minimum Gasteiger partial charge on any atom is -0.454 e. The van der Waals surface area contributed by atoms with Gasteiger partial charge in [0.2, 0.25) is 6.79 Å². The summed E-state index contributed by atoms with van der Waals surface area (Å²) < 4.78 is 10.6. The molecule has 1 aliphatic rings. The Kier molecular flexibility index (Phi) is 4.01. The molecular formula is C13H17NO3S. The van der Waals surface area contributed by atoms with E-state index in [4.69, 9.17) is 9.47 Å². The normalized spacial score (nSPS) is 14.4. The summed E-state index contributed by atoms with van der Waals surface area (Å²) in [5.41, 5.74) is 1.15. The predicted octanol–water partition coefficient (Wildman–Crippen LogP) is 2.76. The second-order valence-electron chi connectivity index (χ2n) is 4.32. The average molecular weight is 267 g/mol. The Morgan fingerprint density at radius 2 is 2.17 bits per heavy atom. The molecule has 1 atom stereocenters. The van der Waals surface area contributed by atoms with Gasteiger partial charge in [-0.3, -0.25) is 4.79 Å². The number of likely N-dealkylation sites (N-methyl/N-ethyl adjacent to an activating group) is 1. The van der Waals surface area contributed by atoms with Gasteiger partial charge in [0.25, 0.3) is 5.24 Å². The van der Waals surface area contributed by atoms with Gasteiger partial charge in [0.05, 0.1) is 0 Å². The van der Waals surface area contributed by atoms with Crippen LogP contribution in [-0.4, -0.2) is 36.3 Å². The van der Waals surface area contributed by atoms with Crippen LogP contribution in [0.1, 0.15) is 12.5 Å². The molecule has 98 valence electrons. The molecule has 0 saturated heterocycles. The summed E-state index contributed by atoms with van der Waals surface area (Å²) in [7, 11) is 1.83. The number of nitrogens with zero attached hydrogens (tertiary/aromatic N) is 1. The summed E-state index contributed by atoms with van der Waals surface area (Å²) in [5, 5.41) is 0.0863. The zero-order chi connectivity index (χ0) is 13.1. The van der Waals surface area contributed by atoms with Crippen molar-refractivity contribution < 1.29 is 14.3 Å². The Balaban J connectivity index is 2.03. The number of carbonyl (C=O) groups is 1. The first kappa shape index (κ1) is 13.1. The number of hydrogen-bond donors (Lipinski definition) is 0. The SMILES string of the molecule is CSC(=O)N(C)C(C)Cc1ccc2c(c1)OCO2. The molecule has 0 bridgehead atoms. The van der Waals surface area contributed by atoms with Crippen LogP contribution < -0.4 is 9.47 Å². The Labute approximate surface area is 111 Å². The molecule has 1 amide bonds. The van der Waals surface area contributed by atoms with Crippen molar-refractivity contribution in [3.8, 4) is 11.5 Å². The van der Waals surface area contributed by atoms with E-state index in [2.05, 4.69) is 0 Å². The number of amides is 1. The summed E-state index contributed by atoms with van der Waals surface area (Å²) in [5.74, 6) is 1.58. The van der Waals surface area contributed by atoms with E-state index >= 15 is 0 Å². The van der Waals surface area contributed by atoms with E-state index in [1.54, 1.807) is 11.2 Å². The van der Waals surface area contributed by atoms with Gasteiger partial charge in [-0.15, -0.1) is 0 Å². The van der Waals surface area contributed by atoms with Crippen LogP contribution >= 0.6 is 11.8 Å².